The molecule has 2 amide bonds. The Labute approximate surface area is 242 Å². The fourth-order valence-electron chi connectivity index (χ4n) is 6.93. The van der Waals surface area contributed by atoms with E-state index in [-0.39, 0.29) is 17.2 Å². The van der Waals surface area contributed by atoms with Crippen molar-refractivity contribution < 1.29 is 9.59 Å². The number of hydrogen-bond acceptors (Lipinski definition) is 4. The minimum atomic E-state index is -0.717. The number of nitrogens with one attached hydrogen (secondary N) is 1. The zero-order chi connectivity index (χ0) is 27.5. The number of nitrogens with two attached hydrogens (primary N) is 1. The Morgan fingerprint density at radius 3 is 2.33 bits per heavy atom. The van der Waals surface area contributed by atoms with Crippen molar-refractivity contribution >= 4 is 40.7 Å². The first kappa shape index (κ1) is 28.3. The first-order valence-corrected chi connectivity index (χ1v) is 15.2. The number of hydrogen-bond donors (Lipinski definition) is 2. The van der Waals surface area contributed by atoms with Crippen molar-refractivity contribution in [1.29, 1.82) is 0 Å². The maximum absolute atomic E-state index is 13.3. The molecule has 2 heterocycles. The second kappa shape index (κ2) is 12.1. The van der Waals surface area contributed by atoms with E-state index >= 15 is 0 Å². The third-order valence-corrected chi connectivity index (χ3v) is 10.1. The molecule has 1 aliphatic carbocycles. The lowest BCUT2D eigenvalue weighted by molar-refractivity contribution is -0.134. The van der Waals surface area contributed by atoms with E-state index in [0.717, 1.165) is 83.4 Å². The molecule has 1 atom stereocenters. The standard InChI is InChI=1S/C31H40Cl2N4O2/c32-26-12-11-24(21-27(26)33)30(14-20-37(22-30)28(38)23-7-4-5-8-23)13-6-17-36-18-15-31(16-19-36,29(34)39)35-25-9-2-1-3-10-25/h1-3,9-12,21,23,35H,4-8,13-20,22H2,(H2,34,39). The minimum Gasteiger partial charge on any atom is -0.371 e. The first-order chi connectivity index (χ1) is 18.8. The van der Waals surface area contributed by atoms with Crippen LogP contribution in [0.25, 0.3) is 0 Å². The van der Waals surface area contributed by atoms with Gasteiger partial charge in [0, 0.05) is 43.2 Å². The number of likely N-dealkylation sites (tertiary alicyclic amines) is 2. The Morgan fingerprint density at radius 2 is 1.67 bits per heavy atom. The Hall–Kier alpha value is -2.28. The van der Waals surface area contributed by atoms with Gasteiger partial charge >= 0.3 is 0 Å². The smallest absolute Gasteiger partial charge is 0.243 e. The summed E-state index contributed by atoms with van der Waals surface area (Å²) in [6.45, 7) is 4.11. The predicted octanol–water partition coefficient (Wildman–Crippen LogP) is 5.87. The highest BCUT2D eigenvalue weighted by Gasteiger charge is 2.43. The fraction of sp³-hybridized carbons (Fsp3) is 0.548. The van der Waals surface area contributed by atoms with E-state index in [1.807, 2.05) is 42.5 Å². The van der Waals surface area contributed by atoms with E-state index < -0.39 is 5.54 Å². The molecule has 0 aromatic heterocycles. The van der Waals surface area contributed by atoms with Crippen LogP contribution in [-0.4, -0.2) is 59.9 Å². The van der Waals surface area contributed by atoms with Crippen LogP contribution < -0.4 is 11.1 Å². The van der Waals surface area contributed by atoms with E-state index in [2.05, 4.69) is 21.2 Å². The summed E-state index contributed by atoms with van der Waals surface area (Å²) in [5, 5.41) is 4.56. The quantitative estimate of drug-likeness (QED) is 0.395. The summed E-state index contributed by atoms with van der Waals surface area (Å²) in [4.78, 5) is 30.3. The molecular formula is C31H40Cl2N4O2. The van der Waals surface area contributed by atoms with Crippen molar-refractivity contribution in [3.63, 3.8) is 0 Å². The van der Waals surface area contributed by atoms with Gasteiger partial charge < -0.3 is 20.9 Å². The number of carbonyl (C=O) groups excluding carboxylic acids is 2. The Bertz CT molecular complexity index is 1160. The highest BCUT2D eigenvalue weighted by molar-refractivity contribution is 6.42. The van der Waals surface area contributed by atoms with Crippen LogP contribution in [0.1, 0.15) is 63.4 Å². The summed E-state index contributed by atoms with van der Waals surface area (Å²) in [5.74, 6) is 0.236. The van der Waals surface area contributed by atoms with Crippen molar-refractivity contribution in [2.75, 3.05) is 38.0 Å². The highest BCUT2D eigenvalue weighted by atomic mass is 35.5. The zero-order valence-electron chi connectivity index (χ0n) is 22.6. The highest BCUT2D eigenvalue weighted by Crippen LogP contribution is 2.42. The molecule has 2 aromatic carbocycles. The molecule has 1 unspecified atom stereocenters. The number of nitrogens with zero attached hydrogens (tertiary/aromatic N) is 2. The summed E-state index contributed by atoms with van der Waals surface area (Å²) in [6, 6.07) is 15.8. The summed E-state index contributed by atoms with van der Waals surface area (Å²) in [6.07, 6.45) is 8.64. The molecule has 0 spiro atoms. The first-order valence-electron chi connectivity index (χ1n) is 14.4. The number of carbonyl (C=O) groups is 2. The van der Waals surface area contributed by atoms with Gasteiger partial charge in [-0.05, 0) is 81.3 Å². The third kappa shape index (κ3) is 6.23. The number of para-hydroxylation sites is 1. The van der Waals surface area contributed by atoms with Gasteiger partial charge in [0.05, 0.1) is 10.0 Å². The number of benzene rings is 2. The molecule has 8 heteroatoms. The van der Waals surface area contributed by atoms with Crippen LogP contribution in [0, 0.1) is 5.92 Å². The van der Waals surface area contributed by atoms with Gasteiger partial charge in [0.2, 0.25) is 11.8 Å². The van der Waals surface area contributed by atoms with Crippen molar-refractivity contribution in [1.82, 2.24) is 9.80 Å². The van der Waals surface area contributed by atoms with Gasteiger partial charge in [-0.2, -0.15) is 0 Å². The molecule has 6 nitrogen and oxygen atoms in total. The van der Waals surface area contributed by atoms with E-state index in [1.54, 1.807) is 0 Å². The molecule has 2 saturated heterocycles. The maximum atomic E-state index is 13.3. The topological polar surface area (TPSA) is 78.7 Å². The van der Waals surface area contributed by atoms with Crippen LogP contribution >= 0.6 is 23.2 Å². The van der Waals surface area contributed by atoms with Crippen molar-refractivity contribution in [2.24, 2.45) is 11.7 Å². The largest absolute Gasteiger partial charge is 0.371 e. The predicted molar refractivity (Wildman–Crippen MR) is 158 cm³/mol. The molecule has 3 fully saturated rings. The average molecular weight is 572 g/mol. The van der Waals surface area contributed by atoms with Crippen LogP contribution in [0.5, 0.6) is 0 Å². The molecule has 2 aromatic rings. The number of halogens is 2. The van der Waals surface area contributed by atoms with E-state index in [9.17, 15) is 9.59 Å². The molecule has 2 aliphatic heterocycles. The molecule has 5 rings (SSSR count). The molecule has 0 bridgehead atoms. The maximum Gasteiger partial charge on any atom is 0.243 e. The van der Waals surface area contributed by atoms with Gasteiger partial charge in [0.25, 0.3) is 0 Å². The lowest BCUT2D eigenvalue weighted by Gasteiger charge is -2.41. The van der Waals surface area contributed by atoms with Gasteiger partial charge in [-0.1, -0.05) is 60.3 Å². The van der Waals surface area contributed by atoms with Crippen LogP contribution in [0.3, 0.4) is 0 Å². The third-order valence-electron chi connectivity index (χ3n) is 9.37. The second-order valence-corrected chi connectivity index (χ2v) is 12.6. The number of rotatable bonds is 9. The van der Waals surface area contributed by atoms with Gasteiger partial charge in [0.1, 0.15) is 5.54 Å². The van der Waals surface area contributed by atoms with E-state index in [1.165, 1.54) is 5.56 Å². The summed E-state index contributed by atoms with van der Waals surface area (Å²) in [5.41, 5.74) is 7.16. The van der Waals surface area contributed by atoms with Gasteiger partial charge in [-0.25, -0.2) is 0 Å². The van der Waals surface area contributed by atoms with Gasteiger partial charge in [-0.3, -0.25) is 9.59 Å². The molecule has 210 valence electrons. The molecule has 39 heavy (non-hydrogen) atoms. The number of piperidine rings is 1. The van der Waals surface area contributed by atoms with Crippen LogP contribution in [-0.2, 0) is 15.0 Å². The Balaban J connectivity index is 1.22. The van der Waals surface area contributed by atoms with E-state index in [0.29, 0.717) is 28.8 Å². The van der Waals surface area contributed by atoms with Crippen molar-refractivity contribution in [3.05, 3.63) is 64.1 Å². The van der Waals surface area contributed by atoms with Gasteiger partial charge in [-0.15, -0.1) is 0 Å². The van der Waals surface area contributed by atoms with Crippen LogP contribution in [0.15, 0.2) is 48.5 Å². The fourth-order valence-corrected chi connectivity index (χ4v) is 7.23. The molecule has 3 N–H and O–H groups in total. The minimum absolute atomic E-state index is 0.121. The molecule has 0 radical (unpaired) electrons. The average Bonchev–Trinajstić information content (AvgIpc) is 3.63. The Morgan fingerprint density at radius 1 is 0.949 bits per heavy atom. The molecule has 3 aliphatic rings. The molecular weight excluding hydrogens is 531 g/mol. The Kier molecular flexibility index (Phi) is 8.75. The summed E-state index contributed by atoms with van der Waals surface area (Å²) < 4.78 is 0. The second-order valence-electron chi connectivity index (χ2n) is 11.8. The number of amides is 2. The lowest BCUT2D eigenvalue weighted by atomic mass is 9.76. The van der Waals surface area contributed by atoms with E-state index in [4.69, 9.17) is 28.9 Å². The van der Waals surface area contributed by atoms with Crippen LogP contribution in [0.2, 0.25) is 10.0 Å². The van der Waals surface area contributed by atoms with Gasteiger partial charge in [0.15, 0.2) is 0 Å². The normalized spacial score (nSPS) is 23.7. The SMILES string of the molecule is NC(=O)C1(Nc2ccccc2)CCN(CCCC2(c3ccc(Cl)c(Cl)c3)CCN(C(=O)C3CCCC3)C2)CC1. The molecule has 1 saturated carbocycles. The summed E-state index contributed by atoms with van der Waals surface area (Å²) in [7, 11) is 0. The monoisotopic (exact) mass is 570 g/mol. The number of primary amides is 1. The number of anilines is 1. The van der Waals surface area contributed by atoms with Crippen molar-refractivity contribution in [2.45, 2.75) is 68.7 Å². The van der Waals surface area contributed by atoms with Crippen molar-refractivity contribution in [3.8, 4) is 0 Å². The lowest BCUT2D eigenvalue weighted by Crippen LogP contribution is -2.57. The summed E-state index contributed by atoms with van der Waals surface area (Å²) >= 11 is 12.7. The zero-order valence-corrected chi connectivity index (χ0v) is 24.2. The van der Waals surface area contributed by atoms with Crippen LogP contribution in [0.4, 0.5) is 5.69 Å².